The first-order valence-corrected chi connectivity index (χ1v) is 7.89. The van der Waals surface area contributed by atoms with Gasteiger partial charge in [0.15, 0.2) is 0 Å². The monoisotopic (exact) mass is 296 g/mol. The van der Waals surface area contributed by atoms with Crippen LogP contribution in [0.1, 0.15) is 46.1 Å². The van der Waals surface area contributed by atoms with Crippen LogP contribution in [0.15, 0.2) is 24.3 Å². The number of hydrogen-bond donors (Lipinski definition) is 1. The van der Waals surface area contributed by atoms with Gasteiger partial charge in [-0.25, -0.2) is 0 Å². The average Bonchev–Trinajstić information content (AvgIpc) is 2.33. The molecule has 0 aliphatic rings. The maximum atomic E-state index is 6.06. The summed E-state index contributed by atoms with van der Waals surface area (Å²) < 4.78 is 0. The van der Waals surface area contributed by atoms with Crippen molar-refractivity contribution in [3.05, 3.63) is 34.9 Å². The van der Waals surface area contributed by atoms with Crippen LogP contribution in [0.2, 0.25) is 5.02 Å². The standard InChI is InChI=1S/C17H29ClN2/c1-6-8-16(12-19-17(2,3)4)20(5)13-14-9-7-10-15(18)11-14/h7,9-11,16,19H,6,8,12-13H2,1-5H3. The van der Waals surface area contributed by atoms with E-state index in [4.69, 9.17) is 11.6 Å². The van der Waals surface area contributed by atoms with Crippen LogP contribution in [0.4, 0.5) is 0 Å². The molecule has 0 aromatic heterocycles. The summed E-state index contributed by atoms with van der Waals surface area (Å²) in [6.07, 6.45) is 2.41. The molecule has 0 aliphatic carbocycles. The van der Waals surface area contributed by atoms with E-state index in [9.17, 15) is 0 Å². The number of nitrogens with zero attached hydrogens (tertiary/aromatic N) is 1. The number of halogens is 1. The Bertz CT molecular complexity index is 398. The van der Waals surface area contributed by atoms with E-state index in [1.54, 1.807) is 0 Å². The van der Waals surface area contributed by atoms with Gasteiger partial charge in [0, 0.05) is 29.7 Å². The van der Waals surface area contributed by atoms with Gasteiger partial charge in [0.2, 0.25) is 0 Å². The van der Waals surface area contributed by atoms with E-state index in [0.717, 1.165) is 18.1 Å². The van der Waals surface area contributed by atoms with Gasteiger partial charge in [-0.05, 0) is 51.9 Å². The molecule has 1 atom stereocenters. The summed E-state index contributed by atoms with van der Waals surface area (Å²) in [5.41, 5.74) is 1.44. The van der Waals surface area contributed by atoms with Crippen LogP contribution in [0.3, 0.4) is 0 Å². The van der Waals surface area contributed by atoms with Crippen molar-refractivity contribution in [3.8, 4) is 0 Å². The Morgan fingerprint density at radius 2 is 2.00 bits per heavy atom. The van der Waals surface area contributed by atoms with Crippen LogP contribution < -0.4 is 5.32 Å². The van der Waals surface area contributed by atoms with Crippen LogP contribution in [-0.2, 0) is 6.54 Å². The van der Waals surface area contributed by atoms with Gasteiger partial charge in [-0.1, -0.05) is 37.1 Å². The fourth-order valence-corrected chi connectivity index (χ4v) is 2.50. The van der Waals surface area contributed by atoms with E-state index < -0.39 is 0 Å². The van der Waals surface area contributed by atoms with Gasteiger partial charge in [-0.15, -0.1) is 0 Å². The highest BCUT2D eigenvalue weighted by Gasteiger charge is 2.17. The van der Waals surface area contributed by atoms with Gasteiger partial charge < -0.3 is 5.32 Å². The summed E-state index contributed by atoms with van der Waals surface area (Å²) in [4.78, 5) is 2.42. The zero-order chi connectivity index (χ0) is 15.2. The van der Waals surface area contributed by atoms with Crippen LogP contribution in [-0.4, -0.2) is 30.1 Å². The molecule has 0 heterocycles. The van der Waals surface area contributed by atoms with Gasteiger partial charge in [0.05, 0.1) is 0 Å². The van der Waals surface area contributed by atoms with Crippen molar-refractivity contribution in [1.29, 1.82) is 0 Å². The number of benzene rings is 1. The molecule has 3 heteroatoms. The summed E-state index contributed by atoms with van der Waals surface area (Å²) in [6.45, 7) is 10.9. The minimum atomic E-state index is 0.170. The normalized spacial score (nSPS) is 13.8. The number of nitrogens with one attached hydrogen (secondary N) is 1. The molecule has 0 saturated heterocycles. The molecule has 20 heavy (non-hydrogen) atoms. The van der Waals surface area contributed by atoms with Crippen LogP contribution in [0.25, 0.3) is 0 Å². The molecule has 0 saturated carbocycles. The van der Waals surface area contributed by atoms with Crippen molar-refractivity contribution in [2.75, 3.05) is 13.6 Å². The van der Waals surface area contributed by atoms with E-state index >= 15 is 0 Å². The molecule has 0 amide bonds. The summed E-state index contributed by atoms with van der Waals surface area (Å²) in [6, 6.07) is 8.70. The van der Waals surface area contributed by atoms with Crippen molar-refractivity contribution in [3.63, 3.8) is 0 Å². The molecule has 0 spiro atoms. The predicted molar refractivity (Wildman–Crippen MR) is 89.4 cm³/mol. The average molecular weight is 297 g/mol. The van der Waals surface area contributed by atoms with Gasteiger partial charge in [0.25, 0.3) is 0 Å². The maximum Gasteiger partial charge on any atom is 0.0409 e. The molecule has 1 rings (SSSR count). The first kappa shape index (κ1) is 17.5. The third-order valence-corrected chi connectivity index (χ3v) is 3.67. The summed E-state index contributed by atoms with van der Waals surface area (Å²) in [5.74, 6) is 0. The Morgan fingerprint density at radius 1 is 1.30 bits per heavy atom. The van der Waals surface area contributed by atoms with Crippen molar-refractivity contribution in [1.82, 2.24) is 10.2 Å². The molecular weight excluding hydrogens is 268 g/mol. The predicted octanol–water partition coefficient (Wildman–Crippen LogP) is 4.33. The second kappa shape index (κ2) is 8.02. The molecule has 1 unspecified atom stereocenters. The van der Waals surface area contributed by atoms with Gasteiger partial charge >= 0.3 is 0 Å². The highest BCUT2D eigenvalue weighted by Crippen LogP contribution is 2.15. The summed E-state index contributed by atoms with van der Waals surface area (Å²) in [7, 11) is 2.20. The second-order valence-electron chi connectivity index (χ2n) is 6.62. The van der Waals surface area contributed by atoms with Crippen molar-refractivity contribution in [2.24, 2.45) is 0 Å². The molecule has 2 nitrogen and oxygen atoms in total. The minimum Gasteiger partial charge on any atom is -0.311 e. The van der Waals surface area contributed by atoms with E-state index in [0.29, 0.717) is 6.04 Å². The topological polar surface area (TPSA) is 15.3 Å². The summed E-state index contributed by atoms with van der Waals surface area (Å²) >= 11 is 6.06. The third kappa shape index (κ3) is 6.74. The lowest BCUT2D eigenvalue weighted by molar-refractivity contribution is 0.202. The van der Waals surface area contributed by atoms with E-state index in [1.807, 2.05) is 12.1 Å². The lowest BCUT2D eigenvalue weighted by atomic mass is 10.1. The summed E-state index contributed by atoms with van der Waals surface area (Å²) in [5, 5.41) is 4.43. The Morgan fingerprint density at radius 3 is 2.55 bits per heavy atom. The van der Waals surface area contributed by atoms with E-state index in [1.165, 1.54) is 18.4 Å². The zero-order valence-corrected chi connectivity index (χ0v) is 14.3. The third-order valence-electron chi connectivity index (χ3n) is 3.43. The lowest BCUT2D eigenvalue weighted by Crippen LogP contribution is -2.46. The Labute approximate surface area is 129 Å². The van der Waals surface area contributed by atoms with Crippen molar-refractivity contribution in [2.45, 2.75) is 58.7 Å². The molecule has 1 N–H and O–H groups in total. The number of likely N-dealkylation sites (N-methyl/N-ethyl adjacent to an activating group) is 1. The van der Waals surface area contributed by atoms with Crippen molar-refractivity contribution < 1.29 is 0 Å². The largest absolute Gasteiger partial charge is 0.311 e. The fraction of sp³-hybridized carbons (Fsp3) is 0.647. The smallest absolute Gasteiger partial charge is 0.0409 e. The number of rotatable bonds is 7. The molecule has 0 radical (unpaired) electrons. The lowest BCUT2D eigenvalue weighted by Gasteiger charge is -2.31. The Hall–Kier alpha value is -0.570. The first-order valence-electron chi connectivity index (χ1n) is 7.51. The van der Waals surface area contributed by atoms with Gasteiger partial charge in [-0.2, -0.15) is 0 Å². The molecular formula is C17H29ClN2. The molecule has 1 aromatic rings. The minimum absolute atomic E-state index is 0.170. The number of hydrogen-bond acceptors (Lipinski definition) is 2. The van der Waals surface area contributed by atoms with E-state index in [2.05, 4.69) is 57.1 Å². The molecule has 1 aromatic carbocycles. The quantitative estimate of drug-likeness (QED) is 0.806. The first-order chi connectivity index (χ1) is 9.31. The maximum absolute atomic E-state index is 6.06. The molecule has 0 fully saturated rings. The van der Waals surface area contributed by atoms with Crippen LogP contribution in [0, 0.1) is 0 Å². The highest BCUT2D eigenvalue weighted by atomic mass is 35.5. The van der Waals surface area contributed by atoms with Crippen LogP contribution in [0.5, 0.6) is 0 Å². The Kier molecular flexibility index (Phi) is 7.01. The van der Waals surface area contributed by atoms with Gasteiger partial charge in [0.1, 0.15) is 0 Å². The fourth-order valence-electron chi connectivity index (χ4n) is 2.29. The van der Waals surface area contributed by atoms with Gasteiger partial charge in [-0.3, -0.25) is 4.90 Å². The zero-order valence-electron chi connectivity index (χ0n) is 13.5. The van der Waals surface area contributed by atoms with Crippen molar-refractivity contribution >= 4 is 11.6 Å². The highest BCUT2D eigenvalue weighted by molar-refractivity contribution is 6.30. The molecule has 0 aliphatic heterocycles. The van der Waals surface area contributed by atoms with Crippen LogP contribution >= 0.6 is 11.6 Å². The second-order valence-corrected chi connectivity index (χ2v) is 7.05. The SMILES string of the molecule is CCCC(CNC(C)(C)C)N(C)Cc1cccc(Cl)c1. The molecule has 0 bridgehead atoms. The Balaban J connectivity index is 2.61. The molecule has 114 valence electrons. The van der Waals surface area contributed by atoms with E-state index in [-0.39, 0.29) is 5.54 Å².